The van der Waals surface area contributed by atoms with E-state index in [0.717, 1.165) is 6.42 Å². The van der Waals surface area contributed by atoms with Gasteiger partial charge < -0.3 is 10.5 Å². The Labute approximate surface area is 61.8 Å². The van der Waals surface area contributed by atoms with Gasteiger partial charge in [-0.1, -0.05) is 13.8 Å². The number of hydrogen-bond donors (Lipinski definition) is 2. The topological polar surface area (TPSA) is 44.1 Å². The maximum absolute atomic E-state index is 9.33. The number of nitrogens with one attached hydrogen (secondary N) is 1. The standard InChI is InChI=1S/C8H15NO/c1-5-3-6(2)8(10)4-7(5)9/h5-6,8-10H,3-4H2,1-2H3/t5?,6-,8?/m1/s1. The molecule has 3 atom stereocenters. The van der Waals surface area contributed by atoms with Crippen molar-refractivity contribution in [2.75, 3.05) is 0 Å². The summed E-state index contributed by atoms with van der Waals surface area (Å²) < 4.78 is 0. The molecule has 0 aliphatic heterocycles. The van der Waals surface area contributed by atoms with Crippen LogP contribution in [-0.4, -0.2) is 16.9 Å². The predicted octanol–water partition coefficient (Wildman–Crippen LogP) is 1.43. The number of aliphatic hydroxyl groups is 1. The van der Waals surface area contributed by atoms with Crippen LogP contribution in [0.5, 0.6) is 0 Å². The summed E-state index contributed by atoms with van der Waals surface area (Å²) in [6.45, 7) is 4.11. The fraction of sp³-hybridized carbons (Fsp3) is 0.875. The molecule has 1 fully saturated rings. The minimum Gasteiger partial charge on any atom is -0.392 e. The normalized spacial score (nSPS) is 41.9. The van der Waals surface area contributed by atoms with Crippen LogP contribution in [0.15, 0.2) is 0 Å². The summed E-state index contributed by atoms with van der Waals surface area (Å²) in [5.74, 6) is 0.766. The minimum atomic E-state index is -0.260. The zero-order chi connectivity index (χ0) is 7.72. The second-order valence-electron chi connectivity index (χ2n) is 3.41. The highest BCUT2D eigenvalue weighted by molar-refractivity contribution is 5.84. The van der Waals surface area contributed by atoms with Crippen molar-refractivity contribution in [3.8, 4) is 0 Å². The van der Waals surface area contributed by atoms with Crippen LogP contribution in [0.4, 0.5) is 0 Å². The molecule has 1 rings (SSSR count). The molecule has 0 saturated heterocycles. The summed E-state index contributed by atoms with van der Waals surface area (Å²) in [5.41, 5.74) is 0.714. The fourth-order valence-corrected chi connectivity index (χ4v) is 1.48. The average molecular weight is 141 g/mol. The number of rotatable bonds is 0. The van der Waals surface area contributed by atoms with Crippen LogP contribution in [0.25, 0.3) is 0 Å². The van der Waals surface area contributed by atoms with Gasteiger partial charge >= 0.3 is 0 Å². The summed E-state index contributed by atoms with van der Waals surface area (Å²) in [5, 5.41) is 16.8. The first-order valence-electron chi connectivity index (χ1n) is 3.86. The van der Waals surface area contributed by atoms with Crippen LogP contribution in [0.2, 0.25) is 0 Å². The van der Waals surface area contributed by atoms with E-state index in [4.69, 9.17) is 5.41 Å². The van der Waals surface area contributed by atoms with Gasteiger partial charge in [-0.2, -0.15) is 0 Å². The summed E-state index contributed by atoms with van der Waals surface area (Å²) in [4.78, 5) is 0. The molecule has 2 unspecified atom stereocenters. The third kappa shape index (κ3) is 1.37. The zero-order valence-corrected chi connectivity index (χ0v) is 6.59. The first kappa shape index (κ1) is 7.73. The minimum absolute atomic E-state index is 0.260. The van der Waals surface area contributed by atoms with E-state index in [1.807, 2.05) is 6.92 Å². The molecule has 0 bridgehead atoms. The van der Waals surface area contributed by atoms with Crippen molar-refractivity contribution < 1.29 is 5.11 Å². The molecule has 0 heterocycles. The van der Waals surface area contributed by atoms with Crippen molar-refractivity contribution in [3.63, 3.8) is 0 Å². The van der Waals surface area contributed by atoms with E-state index in [0.29, 0.717) is 24.0 Å². The Bertz CT molecular complexity index is 144. The van der Waals surface area contributed by atoms with E-state index in [1.54, 1.807) is 0 Å². The van der Waals surface area contributed by atoms with Crippen molar-refractivity contribution >= 4 is 5.71 Å². The summed E-state index contributed by atoms with van der Waals surface area (Å²) >= 11 is 0. The molecule has 0 spiro atoms. The molecule has 1 saturated carbocycles. The van der Waals surface area contributed by atoms with E-state index in [1.165, 1.54) is 0 Å². The molecule has 1 aliphatic carbocycles. The van der Waals surface area contributed by atoms with E-state index < -0.39 is 0 Å². The van der Waals surface area contributed by atoms with Gasteiger partial charge in [-0.05, 0) is 18.3 Å². The Kier molecular flexibility index (Phi) is 2.09. The van der Waals surface area contributed by atoms with Crippen LogP contribution in [0.3, 0.4) is 0 Å². The number of aliphatic hydroxyl groups excluding tert-OH is 1. The molecule has 58 valence electrons. The lowest BCUT2D eigenvalue weighted by molar-refractivity contribution is 0.101. The zero-order valence-electron chi connectivity index (χ0n) is 6.59. The SMILES string of the molecule is CC1C[C@@H](C)C(O)CC1=N. The average Bonchev–Trinajstić information content (AvgIpc) is 1.84. The molecule has 0 amide bonds. The van der Waals surface area contributed by atoms with Gasteiger partial charge in [-0.25, -0.2) is 0 Å². The maximum atomic E-state index is 9.33. The maximum Gasteiger partial charge on any atom is 0.0617 e. The fourth-order valence-electron chi connectivity index (χ4n) is 1.48. The molecule has 0 aromatic rings. The molecular formula is C8H15NO. The molecule has 10 heavy (non-hydrogen) atoms. The first-order chi connectivity index (χ1) is 4.61. The summed E-state index contributed by atoms with van der Waals surface area (Å²) in [7, 11) is 0. The Hall–Kier alpha value is -0.370. The van der Waals surface area contributed by atoms with Crippen LogP contribution < -0.4 is 0 Å². The Balaban J connectivity index is 2.54. The molecule has 1 aliphatic rings. The highest BCUT2D eigenvalue weighted by Gasteiger charge is 2.26. The highest BCUT2D eigenvalue weighted by Crippen LogP contribution is 2.25. The third-order valence-electron chi connectivity index (χ3n) is 2.41. The lowest BCUT2D eigenvalue weighted by Crippen LogP contribution is -2.32. The van der Waals surface area contributed by atoms with Gasteiger partial charge in [0.1, 0.15) is 0 Å². The summed E-state index contributed by atoms with van der Waals surface area (Å²) in [6, 6.07) is 0. The van der Waals surface area contributed by atoms with E-state index in [9.17, 15) is 5.11 Å². The molecule has 2 heteroatoms. The van der Waals surface area contributed by atoms with E-state index >= 15 is 0 Å². The lowest BCUT2D eigenvalue weighted by atomic mass is 9.80. The van der Waals surface area contributed by atoms with Gasteiger partial charge in [0.2, 0.25) is 0 Å². The second-order valence-corrected chi connectivity index (χ2v) is 3.41. The quantitative estimate of drug-likeness (QED) is 0.526. The van der Waals surface area contributed by atoms with Gasteiger partial charge in [0.05, 0.1) is 6.10 Å². The molecular weight excluding hydrogens is 126 g/mol. The first-order valence-corrected chi connectivity index (χ1v) is 3.86. The Morgan fingerprint density at radius 3 is 2.60 bits per heavy atom. The third-order valence-corrected chi connectivity index (χ3v) is 2.41. The molecule has 2 nitrogen and oxygen atoms in total. The van der Waals surface area contributed by atoms with Crippen molar-refractivity contribution in [2.24, 2.45) is 11.8 Å². The van der Waals surface area contributed by atoms with Crippen LogP contribution in [0.1, 0.15) is 26.7 Å². The van der Waals surface area contributed by atoms with Gasteiger partial charge in [-0.3, -0.25) is 0 Å². The number of hydrogen-bond acceptors (Lipinski definition) is 2. The van der Waals surface area contributed by atoms with Crippen molar-refractivity contribution in [1.29, 1.82) is 5.41 Å². The van der Waals surface area contributed by atoms with Gasteiger partial charge in [0.15, 0.2) is 0 Å². The molecule has 0 aromatic heterocycles. The Morgan fingerprint density at radius 1 is 1.50 bits per heavy atom. The smallest absolute Gasteiger partial charge is 0.0617 e. The van der Waals surface area contributed by atoms with Gasteiger partial charge in [0, 0.05) is 12.1 Å². The second kappa shape index (κ2) is 2.70. The predicted molar refractivity (Wildman–Crippen MR) is 41.3 cm³/mol. The summed E-state index contributed by atoms with van der Waals surface area (Å²) in [6.07, 6.45) is 1.30. The molecule has 0 radical (unpaired) electrons. The van der Waals surface area contributed by atoms with E-state index in [2.05, 4.69) is 6.92 Å². The molecule has 0 aromatic carbocycles. The van der Waals surface area contributed by atoms with Gasteiger partial charge in [0.25, 0.3) is 0 Å². The van der Waals surface area contributed by atoms with Crippen LogP contribution >= 0.6 is 0 Å². The van der Waals surface area contributed by atoms with Crippen molar-refractivity contribution in [2.45, 2.75) is 32.8 Å². The van der Waals surface area contributed by atoms with Crippen molar-refractivity contribution in [1.82, 2.24) is 0 Å². The lowest BCUT2D eigenvalue weighted by Gasteiger charge is -2.29. The van der Waals surface area contributed by atoms with Crippen LogP contribution in [-0.2, 0) is 0 Å². The van der Waals surface area contributed by atoms with Gasteiger partial charge in [-0.15, -0.1) is 0 Å². The monoisotopic (exact) mass is 141 g/mol. The Morgan fingerprint density at radius 2 is 2.10 bits per heavy atom. The van der Waals surface area contributed by atoms with Crippen LogP contribution in [0, 0.1) is 17.2 Å². The van der Waals surface area contributed by atoms with Crippen molar-refractivity contribution in [3.05, 3.63) is 0 Å². The highest BCUT2D eigenvalue weighted by atomic mass is 16.3. The van der Waals surface area contributed by atoms with E-state index in [-0.39, 0.29) is 6.10 Å². The largest absolute Gasteiger partial charge is 0.392 e. The molecule has 2 N–H and O–H groups in total.